The topological polar surface area (TPSA) is 70.6 Å². The second-order valence-electron chi connectivity index (χ2n) is 7.47. The van der Waals surface area contributed by atoms with Crippen molar-refractivity contribution in [2.75, 3.05) is 25.5 Å². The van der Waals surface area contributed by atoms with Crippen LogP contribution in [-0.4, -0.2) is 44.3 Å². The normalized spacial score (nSPS) is 11.7. The van der Waals surface area contributed by atoms with Crippen molar-refractivity contribution in [2.24, 2.45) is 0 Å². The Morgan fingerprint density at radius 3 is 2.38 bits per heavy atom. The number of nitrogens with zero attached hydrogens (tertiary/aromatic N) is 3. The van der Waals surface area contributed by atoms with Crippen molar-refractivity contribution < 1.29 is 13.2 Å². The summed E-state index contributed by atoms with van der Waals surface area (Å²) in [7, 11) is -0.711. The van der Waals surface area contributed by atoms with Crippen molar-refractivity contribution in [2.45, 2.75) is 11.3 Å². The van der Waals surface area contributed by atoms with E-state index in [9.17, 15) is 13.2 Å². The summed E-state index contributed by atoms with van der Waals surface area (Å²) in [5.41, 5.74) is 2.24. The minimum atomic E-state index is -3.65. The van der Waals surface area contributed by atoms with Crippen molar-refractivity contribution in [1.29, 1.82) is 0 Å². The molecule has 0 saturated carbocycles. The predicted octanol–water partition coefficient (Wildman–Crippen LogP) is 4.44. The van der Waals surface area contributed by atoms with Gasteiger partial charge in [0, 0.05) is 26.2 Å². The van der Waals surface area contributed by atoms with E-state index in [0.29, 0.717) is 23.7 Å². The number of anilines is 1. The van der Waals surface area contributed by atoms with E-state index >= 15 is 0 Å². The van der Waals surface area contributed by atoms with Crippen molar-refractivity contribution in [3.8, 4) is 0 Å². The summed E-state index contributed by atoms with van der Waals surface area (Å²) in [5, 5.41) is 0.591. The van der Waals surface area contributed by atoms with E-state index in [4.69, 9.17) is 0 Å². The fraction of sp³-hybridized carbons (Fsp3) is 0.167. The van der Waals surface area contributed by atoms with E-state index in [2.05, 4.69) is 4.98 Å². The molecule has 0 bridgehead atoms. The molecule has 4 aromatic rings. The van der Waals surface area contributed by atoms with Crippen LogP contribution >= 0.6 is 11.3 Å². The van der Waals surface area contributed by atoms with Gasteiger partial charge in [0.05, 0.1) is 15.1 Å². The Labute approximate surface area is 191 Å². The van der Waals surface area contributed by atoms with E-state index in [-0.39, 0.29) is 10.8 Å². The Kier molecular flexibility index (Phi) is 6.36. The molecule has 0 aliphatic carbocycles. The number of para-hydroxylation sites is 1. The molecule has 4 rings (SSSR count). The van der Waals surface area contributed by atoms with Crippen LogP contribution < -0.4 is 4.90 Å². The molecule has 3 aromatic carbocycles. The minimum absolute atomic E-state index is 0.0839. The second-order valence-corrected chi connectivity index (χ2v) is 10.6. The van der Waals surface area contributed by atoms with Gasteiger partial charge < -0.3 is 0 Å². The van der Waals surface area contributed by atoms with Crippen molar-refractivity contribution in [3.63, 3.8) is 0 Å². The first kappa shape index (κ1) is 22.1. The second kappa shape index (κ2) is 9.20. The number of sulfonamides is 1. The van der Waals surface area contributed by atoms with Gasteiger partial charge in [0.15, 0.2) is 5.13 Å². The van der Waals surface area contributed by atoms with Gasteiger partial charge in [0.25, 0.3) is 5.91 Å². The molecule has 1 aromatic heterocycles. The lowest BCUT2D eigenvalue weighted by Crippen LogP contribution is -2.33. The average Bonchev–Trinajstić information content (AvgIpc) is 3.23. The van der Waals surface area contributed by atoms with Gasteiger partial charge >= 0.3 is 0 Å². The smallest absolute Gasteiger partial charge is 0.260 e. The van der Waals surface area contributed by atoms with Gasteiger partial charge in [-0.25, -0.2) is 17.7 Å². The summed E-state index contributed by atoms with van der Waals surface area (Å²) < 4.78 is 27.3. The molecule has 0 aliphatic heterocycles. The summed E-state index contributed by atoms with van der Waals surface area (Å²) in [6.45, 7) is 0.424. The monoisotopic (exact) mass is 465 g/mol. The summed E-state index contributed by atoms with van der Waals surface area (Å²) in [4.78, 5) is 20.0. The largest absolute Gasteiger partial charge is 0.284 e. The zero-order valence-corrected chi connectivity index (χ0v) is 19.4. The standard InChI is InChI=1S/C24H23N3O3S2/c1-26(2)32(29,30)20-12-8-11-19(17-20)23(28)27(16-15-18-9-4-3-5-10-18)24-25-21-13-6-7-14-22(21)31-24/h3-14,17H,15-16H2,1-2H3. The molecule has 1 amide bonds. The van der Waals surface area contributed by atoms with Crippen LogP contribution in [0.5, 0.6) is 0 Å². The first-order valence-electron chi connectivity index (χ1n) is 10.1. The van der Waals surface area contributed by atoms with Crippen LogP contribution in [0.2, 0.25) is 0 Å². The summed E-state index contributed by atoms with van der Waals surface area (Å²) in [5.74, 6) is -0.282. The van der Waals surface area contributed by atoms with Gasteiger partial charge in [-0.2, -0.15) is 0 Å². The Bertz CT molecular complexity index is 1320. The average molecular weight is 466 g/mol. The SMILES string of the molecule is CN(C)S(=O)(=O)c1cccc(C(=O)N(CCc2ccccc2)c2nc3ccccc3s2)c1. The molecule has 0 atom stereocenters. The first-order valence-corrected chi connectivity index (χ1v) is 12.4. The number of rotatable bonds is 7. The number of aromatic nitrogens is 1. The summed E-state index contributed by atoms with van der Waals surface area (Å²) in [6.07, 6.45) is 0.651. The van der Waals surface area contributed by atoms with E-state index < -0.39 is 10.0 Å². The molecule has 0 spiro atoms. The van der Waals surface area contributed by atoms with Crippen LogP contribution in [0.15, 0.2) is 83.8 Å². The molecule has 8 heteroatoms. The maximum atomic E-state index is 13.6. The third kappa shape index (κ3) is 4.57. The zero-order valence-electron chi connectivity index (χ0n) is 17.8. The number of amides is 1. The van der Waals surface area contributed by atoms with Crippen LogP contribution in [0.25, 0.3) is 10.2 Å². The lowest BCUT2D eigenvalue weighted by molar-refractivity contribution is 0.0987. The number of carbonyl (C=O) groups excluding carboxylic acids is 1. The molecule has 0 aliphatic rings. The predicted molar refractivity (Wildman–Crippen MR) is 129 cm³/mol. The maximum Gasteiger partial charge on any atom is 0.260 e. The maximum absolute atomic E-state index is 13.6. The molecule has 0 unspecified atom stereocenters. The van der Waals surface area contributed by atoms with E-state index in [1.54, 1.807) is 17.0 Å². The Morgan fingerprint density at radius 1 is 0.938 bits per heavy atom. The van der Waals surface area contributed by atoms with Crippen molar-refractivity contribution >= 4 is 42.6 Å². The fourth-order valence-corrected chi connectivity index (χ4v) is 5.24. The van der Waals surface area contributed by atoms with Crippen LogP contribution in [0.4, 0.5) is 5.13 Å². The quantitative estimate of drug-likeness (QED) is 0.405. The van der Waals surface area contributed by atoms with Gasteiger partial charge in [0.2, 0.25) is 10.0 Å². The molecule has 6 nitrogen and oxygen atoms in total. The number of fused-ring (bicyclic) bond motifs is 1. The van der Waals surface area contributed by atoms with Crippen molar-refractivity contribution in [3.05, 3.63) is 90.0 Å². The fourth-order valence-electron chi connectivity index (χ4n) is 3.30. The Morgan fingerprint density at radius 2 is 1.66 bits per heavy atom. The Balaban J connectivity index is 1.71. The first-order chi connectivity index (χ1) is 15.4. The highest BCUT2D eigenvalue weighted by molar-refractivity contribution is 7.89. The zero-order chi connectivity index (χ0) is 22.7. The van der Waals surface area contributed by atoms with Gasteiger partial charge in [0.1, 0.15) is 0 Å². The van der Waals surface area contributed by atoms with E-state index in [1.165, 1.54) is 37.6 Å². The van der Waals surface area contributed by atoms with Crippen LogP contribution in [0, 0.1) is 0 Å². The van der Waals surface area contributed by atoms with Crippen molar-refractivity contribution in [1.82, 2.24) is 9.29 Å². The van der Waals surface area contributed by atoms with Crippen LogP contribution in [-0.2, 0) is 16.4 Å². The molecule has 32 heavy (non-hydrogen) atoms. The molecule has 164 valence electrons. The highest BCUT2D eigenvalue weighted by atomic mass is 32.2. The van der Waals surface area contributed by atoms with E-state index in [1.807, 2.05) is 54.6 Å². The van der Waals surface area contributed by atoms with Gasteiger partial charge in [-0.3, -0.25) is 9.69 Å². The van der Waals surface area contributed by atoms with Crippen LogP contribution in [0.1, 0.15) is 15.9 Å². The summed E-state index contributed by atoms with van der Waals surface area (Å²) in [6, 6.07) is 23.8. The highest BCUT2D eigenvalue weighted by Crippen LogP contribution is 2.30. The lowest BCUT2D eigenvalue weighted by atomic mass is 10.1. The summed E-state index contributed by atoms with van der Waals surface area (Å²) >= 11 is 1.45. The molecule has 0 saturated heterocycles. The lowest BCUT2D eigenvalue weighted by Gasteiger charge is -2.20. The van der Waals surface area contributed by atoms with E-state index in [0.717, 1.165) is 20.1 Å². The molecule has 0 radical (unpaired) electrons. The van der Waals surface area contributed by atoms with Gasteiger partial charge in [-0.15, -0.1) is 0 Å². The van der Waals surface area contributed by atoms with Gasteiger partial charge in [-0.1, -0.05) is 59.9 Å². The third-order valence-electron chi connectivity index (χ3n) is 5.09. The van der Waals surface area contributed by atoms with Gasteiger partial charge in [-0.05, 0) is 42.3 Å². The Hall–Kier alpha value is -3.07. The number of thiazole rings is 1. The number of carbonyl (C=O) groups is 1. The highest BCUT2D eigenvalue weighted by Gasteiger charge is 2.24. The molecule has 0 N–H and O–H groups in total. The molecular formula is C24H23N3O3S2. The molecule has 1 heterocycles. The minimum Gasteiger partial charge on any atom is -0.284 e. The molecular weight excluding hydrogens is 442 g/mol. The number of hydrogen-bond acceptors (Lipinski definition) is 5. The third-order valence-corrected chi connectivity index (χ3v) is 7.96. The van der Waals surface area contributed by atoms with Crippen LogP contribution in [0.3, 0.4) is 0 Å². The number of hydrogen-bond donors (Lipinski definition) is 0. The molecule has 0 fully saturated rings. The number of benzene rings is 3.